The Bertz CT molecular complexity index is 56.9. The lowest BCUT2D eigenvalue weighted by Gasteiger charge is -2.04. The van der Waals surface area contributed by atoms with Crippen molar-refractivity contribution in [1.82, 2.24) is 0 Å². The summed E-state index contributed by atoms with van der Waals surface area (Å²) in [6.45, 7) is 2.39. The second-order valence-electron chi connectivity index (χ2n) is 2.25. The van der Waals surface area contributed by atoms with E-state index in [9.17, 15) is 0 Å². The Kier molecular flexibility index (Phi) is 6.55. The molecule has 0 fully saturated rings. The van der Waals surface area contributed by atoms with Crippen LogP contribution in [0.25, 0.3) is 0 Å². The quantitative estimate of drug-likeness (QED) is 0.596. The zero-order valence-corrected chi connectivity index (χ0v) is 6.69. The summed E-state index contributed by atoms with van der Waals surface area (Å²) in [6.07, 6.45) is 4.00. The Morgan fingerprint density at radius 1 is 1.44 bits per heavy atom. The summed E-state index contributed by atoms with van der Waals surface area (Å²) in [4.78, 5) is 0. The highest BCUT2D eigenvalue weighted by atomic mass is 35.5. The van der Waals surface area contributed by atoms with E-state index < -0.39 is 0 Å². The Morgan fingerprint density at radius 2 is 2.11 bits per heavy atom. The molecule has 0 saturated carbocycles. The second kappa shape index (κ2) is 6.37. The molecule has 0 spiro atoms. The molecule has 1 unspecified atom stereocenters. The van der Waals surface area contributed by atoms with Gasteiger partial charge in [-0.15, -0.1) is 11.6 Å². The topological polar surface area (TPSA) is 20.2 Å². The van der Waals surface area contributed by atoms with Crippen LogP contribution >= 0.6 is 11.6 Å². The summed E-state index contributed by atoms with van der Waals surface area (Å²) in [7, 11) is 0. The van der Waals surface area contributed by atoms with E-state index in [1.165, 1.54) is 0 Å². The average molecular weight is 151 g/mol. The molecule has 1 nitrogen and oxygen atoms in total. The van der Waals surface area contributed by atoms with Gasteiger partial charge in [-0.05, 0) is 19.3 Å². The number of alkyl halides is 1. The van der Waals surface area contributed by atoms with Crippen molar-refractivity contribution in [3.63, 3.8) is 0 Å². The van der Waals surface area contributed by atoms with Gasteiger partial charge in [-0.2, -0.15) is 0 Å². The van der Waals surface area contributed by atoms with Gasteiger partial charge in [-0.25, -0.2) is 0 Å². The molecule has 9 heavy (non-hydrogen) atoms. The Labute approximate surface area is 62.0 Å². The number of aliphatic hydroxyl groups excluding tert-OH is 1. The molecule has 56 valence electrons. The van der Waals surface area contributed by atoms with Gasteiger partial charge in [0.25, 0.3) is 0 Å². The molecule has 0 aliphatic rings. The van der Waals surface area contributed by atoms with Gasteiger partial charge in [0.2, 0.25) is 0 Å². The Hall–Kier alpha value is 0.250. The van der Waals surface area contributed by atoms with Crippen LogP contribution in [0.5, 0.6) is 0 Å². The number of rotatable bonds is 5. The van der Waals surface area contributed by atoms with Crippen molar-refractivity contribution in [2.45, 2.75) is 38.0 Å². The van der Waals surface area contributed by atoms with Gasteiger partial charge < -0.3 is 5.11 Å². The highest BCUT2D eigenvalue weighted by Crippen LogP contribution is 2.10. The summed E-state index contributed by atoms with van der Waals surface area (Å²) < 4.78 is 0. The van der Waals surface area contributed by atoms with Crippen molar-refractivity contribution in [3.8, 4) is 0 Å². The third-order valence-electron chi connectivity index (χ3n) is 1.28. The van der Waals surface area contributed by atoms with Crippen molar-refractivity contribution in [2.24, 2.45) is 0 Å². The van der Waals surface area contributed by atoms with Crippen LogP contribution < -0.4 is 0 Å². The number of hydrogen-bond donors (Lipinski definition) is 1. The lowest BCUT2D eigenvalue weighted by Crippen LogP contribution is -1.98. The van der Waals surface area contributed by atoms with Crippen LogP contribution in [-0.2, 0) is 0 Å². The van der Waals surface area contributed by atoms with E-state index in [0.29, 0.717) is 0 Å². The van der Waals surface area contributed by atoms with E-state index in [0.717, 1.165) is 25.7 Å². The zero-order valence-electron chi connectivity index (χ0n) is 5.94. The highest BCUT2D eigenvalue weighted by Gasteiger charge is 2.00. The molecule has 0 rings (SSSR count). The summed E-state index contributed by atoms with van der Waals surface area (Å²) in [5, 5.41) is 8.70. The fourth-order valence-corrected chi connectivity index (χ4v) is 1.14. The van der Waals surface area contributed by atoms with E-state index in [1.54, 1.807) is 0 Å². The highest BCUT2D eigenvalue weighted by molar-refractivity contribution is 6.20. The number of halogens is 1. The average Bonchev–Trinajstić information content (AvgIpc) is 1.85. The molecule has 0 aliphatic carbocycles. The molecule has 1 N–H and O–H groups in total. The van der Waals surface area contributed by atoms with Crippen LogP contribution in [-0.4, -0.2) is 17.1 Å². The van der Waals surface area contributed by atoms with Gasteiger partial charge >= 0.3 is 0 Å². The van der Waals surface area contributed by atoms with E-state index in [4.69, 9.17) is 16.7 Å². The third-order valence-corrected chi connectivity index (χ3v) is 1.71. The van der Waals surface area contributed by atoms with Crippen molar-refractivity contribution >= 4 is 11.6 Å². The van der Waals surface area contributed by atoms with Crippen LogP contribution in [0.3, 0.4) is 0 Å². The van der Waals surface area contributed by atoms with E-state index in [1.807, 2.05) is 0 Å². The third kappa shape index (κ3) is 6.13. The van der Waals surface area contributed by atoms with Gasteiger partial charge in [0.05, 0.1) is 0 Å². The van der Waals surface area contributed by atoms with Crippen molar-refractivity contribution in [1.29, 1.82) is 0 Å². The molecule has 0 bridgehead atoms. The van der Waals surface area contributed by atoms with Gasteiger partial charge in [-0.1, -0.05) is 13.3 Å². The lowest BCUT2D eigenvalue weighted by molar-refractivity contribution is 0.283. The largest absolute Gasteiger partial charge is 0.396 e. The van der Waals surface area contributed by atoms with Crippen molar-refractivity contribution < 1.29 is 5.11 Å². The maximum atomic E-state index is 8.42. The first kappa shape index (κ1) is 9.25. The molecule has 0 saturated heterocycles. The lowest BCUT2D eigenvalue weighted by atomic mass is 10.1. The van der Waals surface area contributed by atoms with Gasteiger partial charge in [-0.3, -0.25) is 0 Å². The maximum Gasteiger partial charge on any atom is 0.0431 e. The first-order valence-electron chi connectivity index (χ1n) is 3.56. The minimum absolute atomic E-state index is 0.271. The smallest absolute Gasteiger partial charge is 0.0431 e. The Morgan fingerprint density at radius 3 is 2.56 bits per heavy atom. The van der Waals surface area contributed by atoms with Crippen LogP contribution in [0.15, 0.2) is 0 Å². The first-order chi connectivity index (χ1) is 4.31. The van der Waals surface area contributed by atoms with Gasteiger partial charge in [0.1, 0.15) is 0 Å². The van der Waals surface area contributed by atoms with E-state index in [2.05, 4.69) is 6.92 Å². The second-order valence-corrected chi connectivity index (χ2v) is 2.87. The summed E-state index contributed by atoms with van der Waals surface area (Å²) >= 11 is 5.85. The SMILES string of the molecule is CCCC(Cl)CCCO. The van der Waals surface area contributed by atoms with Gasteiger partial charge in [0, 0.05) is 12.0 Å². The minimum atomic E-state index is 0.271. The fraction of sp³-hybridized carbons (Fsp3) is 1.00. The van der Waals surface area contributed by atoms with Crippen LogP contribution in [0, 0.1) is 0 Å². The van der Waals surface area contributed by atoms with Crippen LogP contribution in [0.1, 0.15) is 32.6 Å². The zero-order chi connectivity index (χ0) is 7.11. The Balaban J connectivity index is 2.95. The molecule has 0 aliphatic heterocycles. The monoisotopic (exact) mass is 150 g/mol. The molecule has 0 aromatic heterocycles. The predicted molar refractivity (Wildman–Crippen MR) is 40.9 cm³/mol. The summed E-state index contributed by atoms with van der Waals surface area (Å²) in [5.74, 6) is 0. The molecule has 0 radical (unpaired) electrons. The standard InChI is InChI=1S/C7H15ClO/c1-2-4-7(8)5-3-6-9/h7,9H,2-6H2,1H3. The van der Waals surface area contributed by atoms with Gasteiger partial charge in [0.15, 0.2) is 0 Å². The molecular formula is C7H15ClO. The van der Waals surface area contributed by atoms with E-state index in [-0.39, 0.29) is 12.0 Å². The van der Waals surface area contributed by atoms with Crippen molar-refractivity contribution in [2.75, 3.05) is 6.61 Å². The van der Waals surface area contributed by atoms with E-state index >= 15 is 0 Å². The fourth-order valence-electron chi connectivity index (χ4n) is 0.770. The van der Waals surface area contributed by atoms with Crippen molar-refractivity contribution in [3.05, 3.63) is 0 Å². The predicted octanol–water partition coefficient (Wildman–Crippen LogP) is 2.17. The molecule has 0 aromatic carbocycles. The maximum absolute atomic E-state index is 8.42. The van der Waals surface area contributed by atoms with Crippen LogP contribution in [0.2, 0.25) is 0 Å². The first-order valence-corrected chi connectivity index (χ1v) is 3.99. The summed E-state index contributed by atoms with van der Waals surface area (Å²) in [6, 6.07) is 0. The minimum Gasteiger partial charge on any atom is -0.396 e. The normalized spacial score (nSPS) is 13.7. The molecule has 0 amide bonds. The molecular weight excluding hydrogens is 136 g/mol. The molecule has 2 heteroatoms. The van der Waals surface area contributed by atoms with Crippen LogP contribution in [0.4, 0.5) is 0 Å². The molecule has 0 aromatic rings. The molecule has 0 heterocycles. The molecule has 1 atom stereocenters. The summed E-state index contributed by atoms with van der Waals surface area (Å²) in [5.41, 5.74) is 0. The number of aliphatic hydroxyl groups is 1. The number of hydrogen-bond acceptors (Lipinski definition) is 1.